The molecule has 0 amide bonds. The van der Waals surface area contributed by atoms with E-state index in [-0.39, 0.29) is 11.4 Å². The van der Waals surface area contributed by atoms with Crippen LogP contribution in [0, 0.1) is 9.39 Å². The highest BCUT2D eigenvalue weighted by Crippen LogP contribution is 2.41. The molecule has 1 aliphatic carbocycles. The Morgan fingerprint density at radius 2 is 2.08 bits per heavy atom. The number of benzene rings is 1. The Morgan fingerprint density at radius 1 is 1.38 bits per heavy atom. The van der Waals surface area contributed by atoms with Gasteiger partial charge >= 0.3 is 0 Å². The van der Waals surface area contributed by atoms with Gasteiger partial charge in [-0.1, -0.05) is 6.07 Å². The van der Waals surface area contributed by atoms with Crippen molar-refractivity contribution in [3.63, 3.8) is 0 Å². The lowest BCUT2D eigenvalue weighted by Crippen LogP contribution is -2.44. The SMILES string of the molecule is NC1(c2c(F)cccc2I)CCC1. The molecule has 0 heterocycles. The Hall–Kier alpha value is -0.160. The molecule has 0 unspecified atom stereocenters. The summed E-state index contributed by atoms with van der Waals surface area (Å²) >= 11 is 2.15. The first-order valence-electron chi connectivity index (χ1n) is 4.37. The van der Waals surface area contributed by atoms with Crippen LogP contribution >= 0.6 is 22.6 Å². The minimum atomic E-state index is -0.387. The van der Waals surface area contributed by atoms with Crippen LogP contribution in [0.15, 0.2) is 18.2 Å². The van der Waals surface area contributed by atoms with Crippen LogP contribution in [0.4, 0.5) is 4.39 Å². The third kappa shape index (κ3) is 1.48. The lowest BCUT2D eigenvalue weighted by atomic mass is 9.72. The summed E-state index contributed by atoms with van der Waals surface area (Å²) in [7, 11) is 0. The highest BCUT2D eigenvalue weighted by Gasteiger charge is 2.37. The normalized spacial score (nSPS) is 19.6. The first-order chi connectivity index (χ1) is 6.13. The van der Waals surface area contributed by atoms with Crippen molar-refractivity contribution >= 4 is 22.6 Å². The summed E-state index contributed by atoms with van der Waals surface area (Å²) in [5.41, 5.74) is 6.40. The maximum absolute atomic E-state index is 13.5. The molecular formula is C10H11FIN. The van der Waals surface area contributed by atoms with Crippen LogP contribution < -0.4 is 5.73 Å². The maximum Gasteiger partial charge on any atom is 0.129 e. The minimum Gasteiger partial charge on any atom is -0.321 e. The molecule has 1 nitrogen and oxygen atoms in total. The fourth-order valence-electron chi connectivity index (χ4n) is 1.78. The van der Waals surface area contributed by atoms with Crippen LogP contribution in [0.25, 0.3) is 0 Å². The van der Waals surface area contributed by atoms with Gasteiger partial charge in [0.25, 0.3) is 0 Å². The Kier molecular flexibility index (Phi) is 2.32. The van der Waals surface area contributed by atoms with Gasteiger partial charge in [-0.3, -0.25) is 0 Å². The molecule has 13 heavy (non-hydrogen) atoms. The lowest BCUT2D eigenvalue weighted by molar-refractivity contribution is 0.243. The van der Waals surface area contributed by atoms with Crippen molar-refractivity contribution in [2.45, 2.75) is 24.8 Å². The van der Waals surface area contributed by atoms with Gasteiger partial charge in [-0.05, 0) is 54.0 Å². The predicted molar refractivity (Wildman–Crippen MR) is 58.8 cm³/mol. The van der Waals surface area contributed by atoms with Gasteiger partial charge < -0.3 is 5.73 Å². The summed E-state index contributed by atoms with van der Waals surface area (Å²) in [5.74, 6) is -0.158. The molecule has 1 aromatic carbocycles. The van der Waals surface area contributed by atoms with E-state index >= 15 is 0 Å². The molecule has 1 aromatic rings. The molecule has 0 radical (unpaired) electrons. The van der Waals surface area contributed by atoms with Crippen molar-refractivity contribution in [3.05, 3.63) is 33.1 Å². The summed E-state index contributed by atoms with van der Waals surface area (Å²) in [5, 5.41) is 0. The minimum absolute atomic E-state index is 0.158. The first-order valence-corrected chi connectivity index (χ1v) is 5.45. The zero-order valence-corrected chi connectivity index (χ0v) is 9.34. The van der Waals surface area contributed by atoms with Crippen molar-refractivity contribution in [1.29, 1.82) is 0 Å². The van der Waals surface area contributed by atoms with Gasteiger partial charge in [-0.15, -0.1) is 0 Å². The monoisotopic (exact) mass is 291 g/mol. The van der Waals surface area contributed by atoms with Gasteiger partial charge in [0.15, 0.2) is 0 Å². The largest absolute Gasteiger partial charge is 0.321 e. The van der Waals surface area contributed by atoms with Crippen molar-refractivity contribution in [3.8, 4) is 0 Å². The average Bonchev–Trinajstić information content (AvgIpc) is 2.01. The van der Waals surface area contributed by atoms with E-state index in [1.807, 2.05) is 6.07 Å². The molecule has 70 valence electrons. The van der Waals surface area contributed by atoms with E-state index in [0.717, 1.165) is 22.8 Å². The smallest absolute Gasteiger partial charge is 0.129 e. The first kappa shape index (κ1) is 9.40. The number of nitrogens with two attached hydrogens (primary N) is 1. The highest BCUT2D eigenvalue weighted by molar-refractivity contribution is 14.1. The van der Waals surface area contributed by atoms with Gasteiger partial charge in [0.1, 0.15) is 5.82 Å². The van der Waals surface area contributed by atoms with E-state index in [0.29, 0.717) is 5.56 Å². The van der Waals surface area contributed by atoms with Crippen LogP contribution in [0.3, 0.4) is 0 Å². The number of rotatable bonds is 1. The average molecular weight is 291 g/mol. The number of halogens is 2. The highest BCUT2D eigenvalue weighted by atomic mass is 127. The summed E-state index contributed by atoms with van der Waals surface area (Å²) in [6, 6.07) is 5.12. The van der Waals surface area contributed by atoms with Crippen LogP contribution in [-0.2, 0) is 5.54 Å². The van der Waals surface area contributed by atoms with E-state index in [4.69, 9.17) is 5.73 Å². The third-order valence-corrected chi connectivity index (χ3v) is 3.61. The molecule has 1 saturated carbocycles. The maximum atomic E-state index is 13.5. The van der Waals surface area contributed by atoms with Crippen molar-refractivity contribution < 1.29 is 4.39 Å². The molecule has 0 aromatic heterocycles. The van der Waals surface area contributed by atoms with Gasteiger partial charge in [-0.25, -0.2) is 4.39 Å². The lowest BCUT2D eigenvalue weighted by Gasteiger charge is -2.39. The topological polar surface area (TPSA) is 26.0 Å². The van der Waals surface area contributed by atoms with Crippen molar-refractivity contribution in [1.82, 2.24) is 0 Å². The molecule has 0 bridgehead atoms. The van der Waals surface area contributed by atoms with E-state index in [2.05, 4.69) is 22.6 Å². The molecule has 2 rings (SSSR count). The summed E-state index contributed by atoms with van der Waals surface area (Å²) in [6.45, 7) is 0. The van der Waals surface area contributed by atoms with Crippen LogP contribution in [-0.4, -0.2) is 0 Å². The second-order valence-electron chi connectivity index (χ2n) is 3.61. The van der Waals surface area contributed by atoms with Crippen LogP contribution in [0.1, 0.15) is 24.8 Å². The van der Waals surface area contributed by atoms with Gasteiger partial charge in [0, 0.05) is 14.7 Å². The Balaban J connectivity index is 2.49. The van der Waals surface area contributed by atoms with E-state index < -0.39 is 0 Å². The molecule has 2 N–H and O–H groups in total. The fraction of sp³-hybridized carbons (Fsp3) is 0.400. The van der Waals surface area contributed by atoms with Gasteiger partial charge in [-0.2, -0.15) is 0 Å². The molecule has 0 spiro atoms. The molecule has 0 saturated heterocycles. The van der Waals surface area contributed by atoms with Crippen LogP contribution in [0.5, 0.6) is 0 Å². The van der Waals surface area contributed by atoms with Crippen molar-refractivity contribution in [2.24, 2.45) is 5.73 Å². The summed E-state index contributed by atoms with van der Waals surface area (Å²) < 4.78 is 14.4. The van der Waals surface area contributed by atoms with Gasteiger partial charge in [0.2, 0.25) is 0 Å². The van der Waals surface area contributed by atoms with Crippen molar-refractivity contribution in [2.75, 3.05) is 0 Å². The standard InChI is InChI=1S/C10H11FIN/c11-7-3-1-4-8(12)9(7)10(13)5-2-6-10/h1,3-4H,2,5-6,13H2. The van der Waals surface area contributed by atoms with E-state index in [9.17, 15) is 4.39 Å². The van der Waals surface area contributed by atoms with Crippen LogP contribution in [0.2, 0.25) is 0 Å². The molecule has 0 atom stereocenters. The van der Waals surface area contributed by atoms with E-state index in [1.54, 1.807) is 6.07 Å². The Bertz CT molecular complexity index is 313. The number of hydrogen-bond donors (Lipinski definition) is 1. The Morgan fingerprint density at radius 3 is 2.54 bits per heavy atom. The molecule has 3 heteroatoms. The zero-order chi connectivity index (χ0) is 9.47. The Labute approximate surface area is 90.7 Å². The second kappa shape index (κ2) is 3.20. The number of hydrogen-bond acceptors (Lipinski definition) is 1. The molecule has 1 aliphatic rings. The summed E-state index contributed by atoms with van der Waals surface area (Å²) in [6.07, 6.45) is 2.93. The predicted octanol–water partition coefficient (Wildman–Crippen LogP) is 2.77. The molecular weight excluding hydrogens is 280 g/mol. The van der Waals surface area contributed by atoms with E-state index in [1.165, 1.54) is 6.07 Å². The third-order valence-electron chi connectivity index (χ3n) is 2.71. The second-order valence-corrected chi connectivity index (χ2v) is 4.77. The fourth-order valence-corrected chi connectivity index (χ4v) is 2.78. The zero-order valence-electron chi connectivity index (χ0n) is 7.19. The van der Waals surface area contributed by atoms with Gasteiger partial charge in [0.05, 0.1) is 0 Å². The molecule has 1 fully saturated rings. The molecule has 0 aliphatic heterocycles. The summed E-state index contributed by atoms with van der Waals surface area (Å²) in [4.78, 5) is 0. The quantitative estimate of drug-likeness (QED) is 0.791.